The van der Waals surface area contributed by atoms with Crippen molar-refractivity contribution in [3.05, 3.63) is 56.6 Å². The van der Waals surface area contributed by atoms with Crippen LogP contribution in [0.4, 0.5) is 11.4 Å². The van der Waals surface area contributed by atoms with Crippen LogP contribution in [0.25, 0.3) is 0 Å². The molecule has 2 aromatic rings. The summed E-state index contributed by atoms with van der Waals surface area (Å²) in [6.07, 6.45) is 1.02. The monoisotopic (exact) mass is 522 g/mol. The Balaban J connectivity index is 2.22. The van der Waals surface area contributed by atoms with E-state index in [4.69, 9.17) is 11.6 Å². The molecule has 0 aliphatic carbocycles. The number of esters is 1. The standard InChI is InChI=1S/C17H16ClIN2O5S/c1-26-17(23)14-9-12(5-8-15(14)18)20-16(22)10-21(27(2,24)25)13-6-3-11(19)4-7-13/h3-9H,10H2,1-2H3,(H,20,22). The Morgan fingerprint density at radius 3 is 2.37 bits per heavy atom. The lowest BCUT2D eigenvalue weighted by Crippen LogP contribution is -2.37. The van der Waals surface area contributed by atoms with E-state index in [2.05, 4.69) is 32.6 Å². The molecule has 0 radical (unpaired) electrons. The third kappa shape index (κ3) is 5.81. The molecule has 0 aliphatic heterocycles. The van der Waals surface area contributed by atoms with Gasteiger partial charge in [0.2, 0.25) is 15.9 Å². The van der Waals surface area contributed by atoms with Crippen LogP contribution in [0.3, 0.4) is 0 Å². The fourth-order valence-corrected chi connectivity index (χ4v) is 3.62. The summed E-state index contributed by atoms with van der Waals surface area (Å²) in [6.45, 7) is -0.421. The van der Waals surface area contributed by atoms with Crippen molar-refractivity contribution in [1.29, 1.82) is 0 Å². The zero-order valence-corrected chi connectivity index (χ0v) is 18.1. The minimum absolute atomic E-state index is 0.0922. The summed E-state index contributed by atoms with van der Waals surface area (Å²) in [7, 11) is -2.46. The summed E-state index contributed by atoms with van der Waals surface area (Å²) in [4.78, 5) is 24.1. The maximum absolute atomic E-state index is 12.4. The summed E-state index contributed by atoms with van der Waals surface area (Å²) in [6, 6.07) is 11.0. The molecule has 0 spiro atoms. The molecule has 0 aliphatic rings. The number of nitrogens with zero attached hydrogens (tertiary/aromatic N) is 1. The quantitative estimate of drug-likeness (QED) is 0.465. The Kier molecular flexibility index (Phi) is 7.06. The van der Waals surface area contributed by atoms with E-state index in [1.165, 1.54) is 25.3 Å². The Hall–Kier alpha value is -1.85. The van der Waals surface area contributed by atoms with Crippen LogP contribution in [0.15, 0.2) is 42.5 Å². The Labute approximate surface area is 175 Å². The van der Waals surface area contributed by atoms with Crippen LogP contribution in [-0.4, -0.2) is 40.2 Å². The summed E-state index contributed by atoms with van der Waals surface area (Å²) in [5, 5.41) is 2.74. The van der Waals surface area contributed by atoms with Crippen molar-refractivity contribution in [2.75, 3.05) is 29.5 Å². The van der Waals surface area contributed by atoms with E-state index in [9.17, 15) is 18.0 Å². The van der Waals surface area contributed by atoms with Crippen molar-refractivity contribution < 1.29 is 22.7 Å². The minimum atomic E-state index is -3.68. The average molecular weight is 523 g/mol. The first-order valence-electron chi connectivity index (χ1n) is 7.53. The Morgan fingerprint density at radius 1 is 1.19 bits per heavy atom. The first kappa shape index (κ1) is 21.5. The van der Waals surface area contributed by atoms with Gasteiger partial charge in [0.1, 0.15) is 6.54 Å². The number of methoxy groups -OCH3 is 1. The zero-order chi connectivity index (χ0) is 20.2. The molecular formula is C17H16ClIN2O5S. The van der Waals surface area contributed by atoms with Gasteiger partial charge in [0.25, 0.3) is 0 Å². The normalized spacial score (nSPS) is 11.0. The molecular weight excluding hydrogens is 507 g/mol. The van der Waals surface area contributed by atoms with Crippen LogP contribution >= 0.6 is 34.2 Å². The van der Waals surface area contributed by atoms with Gasteiger partial charge in [0, 0.05) is 9.26 Å². The van der Waals surface area contributed by atoms with E-state index >= 15 is 0 Å². The number of hydrogen-bond acceptors (Lipinski definition) is 5. The van der Waals surface area contributed by atoms with Crippen molar-refractivity contribution in [2.45, 2.75) is 0 Å². The fraction of sp³-hybridized carbons (Fsp3) is 0.176. The van der Waals surface area contributed by atoms with Gasteiger partial charge < -0.3 is 10.1 Å². The van der Waals surface area contributed by atoms with Gasteiger partial charge in [-0.1, -0.05) is 11.6 Å². The number of halogens is 2. The maximum atomic E-state index is 12.4. The number of benzene rings is 2. The number of sulfonamides is 1. The van der Waals surface area contributed by atoms with Gasteiger partial charge in [-0.3, -0.25) is 9.10 Å². The number of rotatable bonds is 6. The predicted molar refractivity (Wildman–Crippen MR) is 113 cm³/mol. The summed E-state index contributed by atoms with van der Waals surface area (Å²) in [5.74, 6) is -1.22. The third-order valence-electron chi connectivity index (χ3n) is 3.46. The van der Waals surface area contributed by atoms with E-state index in [1.807, 2.05) is 0 Å². The van der Waals surface area contributed by atoms with E-state index in [-0.39, 0.29) is 10.6 Å². The smallest absolute Gasteiger partial charge is 0.339 e. The van der Waals surface area contributed by atoms with Gasteiger partial charge in [0.15, 0.2) is 0 Å². The lowest BCUT2D eigenvalue weighted by Gasteiger charge is -2.22. The fourth-order valence-electron chi connectivity index (χ4n) is 2.21. The number of nitrogens with one attached hydrogen (secondary N) is 1. The summed E-state index contributed by atoms with van der Waals surface area (Å²) in [5.41, 5.74) is 0.759. The van der Waals surface area contributed by atoms with Gasteiger partial charge in [0.05, 0.1) is 29.6 Å². The second-order valence-corrected chi connectivity index (χ2v) is 9.04. The molecule has 10 heteroatoms. The molecule has 0 bridgehead atoms. The van der Waals surface area contributed by atoms with Gasteiger partial charge in [-0.25, -0.2) is 13.2 Å². The van der Waals surface area contributed by atoms with Gasteiger partial charge in [-0.2, -0.15) is 0 Å². The predicted octanol–water partition coefficient (Wildman–Crippen LogP) is 3.14. The second-order valence-electron chi connectivity index (χ2n) is 5.48. The van der Waals surface area contributed by atoms with E-state index < -0.39 is 28.4 Å². The van der Waals surface area contributed by atoms with E-state index in [0.29, 0.717) is 11.4 Å². The van der Waals surface area contributed by atoms with Crippen LogP contribution in [0.1, 0.15) is 10.4 Å². The van der Waals surface area contributed by atoms with Crippen LogP contribution in [0.5, 0.6) is 0 Å². The minimum Gasteiger partial charge on any atom is -0.465 e. The summed E-state index contributed by atoms with van der Waals surface area (Å²) < 4.78 is 30.8. The van der Waals surface area contributed by atoms with Crippen molar-refractivity contribution in [3.8, 4) is 0 Å². The van der Waals surface area contributed by atoms with Crippen LogP contribution in [0, 0.1) is 3.57 Å². The number of ether oxygens (including phenoxy) is 1. The molecule has 2 rings (SSSR count). The number of anilines is 2. The molecule has 27 heavy (non-hydrogen) atoms. The molecule has 0 atom stereocenters. The zero-order valence-electron chi connectivity index (χ0n) is 14.4. The lowest BCUT2D eigenvalue weighted by molar-refractivity contribution is -0.114. The highest BCUT2D eigenvalue weighted by Gasteiger charge is 2.21. The SMILES string of the molecule is COC(=O)c1cc(NC(=O)CN(c2ccc(I)cc2)S(C)(=O)=O)ccc1Cl. The molecule has 7 nitrogen and oxygen atoms in total. The molecule has 0 fully saturated rings. The van der Waals surface area contributed by atoms with E-state index in [1.54, 1.807) is 24.3 Å². The summed E-state index contributed by atoms with van der Waals surface area (Å²) >= 11 is 8.04. The molecule has 144 valence electrons. The Morgan fingerprint density at radius 2 is 1.81 bits per heavy atom. The molecule has 1 amide bonds. The van der Waals surface area contributed by atoms with Crippen molar-refractivity contribution in [2.24, 2.45) is 0 Å². The molecule has 2 aromatic carbocycles. The molecule has 0 aromatic heterocycles. The molecule has 0 unspecified atom stereocenters. The molecule has 1 N–H and O–H groups in total. The van der Waals surface area contributed by atoms with E-state index in [0.717, 1.165) is 14.1 Å². The van der Waals surface area contributed by atoms with Crippen molar-refractivity contribution in [1.82, 2.24) is 0 Å². The Bertz CT molecular complexity index is 964. The van der Waals surface area contributed by atoms with Crippen molar-refractivity contribution >= 4 is 67.5 Å². The molecule has 0 heterocycles. The number of amides is 1. The number of hydrogen-bond donors (Lipinski definition) is 1. The van der Waals surface area contributed by atoms with Crippen LogP contribution < -0.4 is 9.62 Å². The second kappa shape index (κ2) is 8.89. The highest BCUT2D eigenvalue weighted by Crippen LogP contribution is 2.22. The van der Waals surface area contributed by atoms with Gasteiger partial charge in [-0.05, 0) is 65.1 Å². The molecule has 0 saturated heterocycles. The first-order chi connectivity index (χ1) is 12.6. The topological polar surface area (TPSA) is 92.8 Å². The first-order valence-corrected chi connectivity index (χ1v) is 10.8. The third-order valence-corrected chi connectivity index (χ3v) is 5.65. The van der Waals surface area contributed by atoms with Crippen molar-refractivity contribution in [3.63, 3.8) is 0 Å². The molecule has 0 saturated carbocycles. The highest BCUT2D eigenvalue weighted by atomic mass is 127. The van der Waals surface area contributed by atoms with Gasteiger partial charge >= 0.3 is 5.97 Å². The lowest BCUT2D eigenvalue weighted by atomic mass is 10.2. The van der Waals surface area contributed by atoms with Gasteiger partial charge in [-0.15, -0.1) is 0 Å². The highest BCUT2D eigenvalue weighted by molar-refractivity contribution is 14.1. The number of carbonyl (C=O) groups is 2. The maximum Gasteiger partial charge on any atom is 0.339 e. The van der Waals surface area contributed by atoms with Crippen LogP contribution in [-0.2, 0) is 19.6 Å². The largest absolute Gasteiger partial charge is 0.465 e. The number of carbonyl (C=O) groups excluding carboxylic acids is 2. The van der Waals surface area contributed by atoms with Crippen LogP contribution in [0.2, 0.25) is 5.02 Å². The average Bonchev–Trinajstić information content (AvgIpc) is 2.60.